The van der Waals surface area contributed by atoms with E-state index in [0.29, 0.717) is 11.8 Å². The van der Waals surface area contributed by atoms with E-state index in [-0.39, 0.29) is 0 Å². The molecule has 1 saturated carbocycles. The molecular weight excluding hydrogens is 250 g/mol. The number of anilines is 2. The van der Waals surface area contributed by atoms with Gasteiger partial charge in [-0.25, -0.2) is 0 Å². The van der Waals surface area contributed by atoms with Crippen LogP contribution in [0.25, 0.3) is 0 Å². The summed E-state index contributed by atoms with van der Waals surface area (Å²) in [4.78, 5) is 18.5. The molecule has 3 rings (SSSR count). The molecule has 4 heteroatoms. The van der Waals surface area contributed by atoms with E-state index < -0.39 is 0 Å². The van der Waals surface area contributed by atoms with Gasteiger partial charge in [-0.2, -0.15) is 0 Å². The minimum absolute atomic E-state index is 0.348. The lowest BCUT2D eigenvalue weighted by molar-refractivity contribution is -0.132. The highest BCUT2D eigenvalue weighted by atomic mass is 16.2. The topological polar surface area (TPSA) is 26.8 Å². The van der Waals surface area contributed by atoms with Gasteiger partial charge in [0.1, 0.15) is 0 Å². The molecule has 0 aromatic heterocycles. The Kier molecular flexibility index (Phi) is 3.55. The van der Waals surface area contributed by atoms with Crippen molar-refractivity contribution in [3.8, 4) is 0 Å². The summed E-state index contributed by atoms with van der Waals surface area (Å²) in [6, 6.07) is 8.65. The largest absolute Gasteiger partial charge is 0.378 e. The van der Waals surface area contributed by atoms with E-state index >= 15 is 0 Å². The highest BCUT2D eigenvalue weighted by Crippen LogP contribution is 2.31. The molecule has 0 radical (unpaired) electrons. The molecule has 108 valence electrons. The Balaban J connectivity index is 1.58. The molecule has 2 aliphatic rings. The number of rotatable bonds is 3. The lowest BCUT2D eigenvalue weighted by Crippen LogP contribution is -2.49. The van der Waals surface area contributed by atoms with Crippen LogP contribution in [0.1, 0.15) is 12.8 Å². The Morgan fingerprint density at radius 1 is 1.05 bits per heavy atom. The number of hydrogen-bond acceptors (Lipinski definition) is 3. The Hall–Kier alpha value is -1.71. The number of benzene rings is 1. The van der Waals surface area contributed by atoms with Crippen LogP contribution >= 0.6 is 0 Å². The zero-order valence-electron chi connectivity index (χ0n) is 12.4. The van der Waals surface area contributed by atoms with Gasteiger partial charge in [0.25, 0.3) is 0 Å². The second-order valence-corrected chi connectivity index (χ2v) is 6.00. The number of hydrogen-bond donors (Lipinski definition) is 0. The van der Waals surface area contributed by atoms with Crippen molar-refractivity contribution in [2.75, 3.05) is 50.1 Å². The molecule has 4 nitrogen and oxygen atoms in total. The molecule has 20 heavy (non-hydrogen) atoms. The smallest absolute Gasteiger partial charge is 0.225 e. The molecule has 2 fully saturated rings. The number of nitrogens with zero attached hydrogens (tertiary/aromatic N) is 3. The van der Waals surface area contributed by atoms with Gasteiger partial charge in [-0.15, -0.1) is 0 Å². The maximum atomic E-state index is 12.0. The summed E-state index contributed by atoms with van der Waals surface area (Å²) in [6.07, 6.45) is 2.20. The van der Waals surface area contributed by atoms with E-state index in [1.165, 1.54) is 11.4 Å². The number of carbonyl (C=O) groups excluding carboxylic acids is 1. The van der Waals surface area contributed by atoms with E-state index in [9.17, 15) is 4.79 Å². The van der Waals surface area contributed by atoms with Crippen molar-refractivity contribution in [2.45, 2.75) is 12.8 Å². The van der Waals surface area contributed by atoms with Crippen LogP contribution in [0.3, 0.4) is 0 Å². The third kappa shape index (κ3) is 2.74. The molecule has 0 bridgehead atoms. The lowest BCUT2D eigenvalue weighted by Gasteiger charge is -2.36. The first-order chi connectivity index (χ1) is 9.65. The summed E-state index contributed by atoms with van der Waals surface area (Å²) in [5.74, 6) is 0.730. The molecule has 1 aliphatic heterocycles. The predicted octanol–water partition coefficient (Wildman–Crippen LogP) is 1.81. The van der Waals surface area contributed by atoms with Gasteiger partial charge in [0.15, 0.2) is 0 Å². The maximum Gasteiger partial charge on any atom is 0.225 e. The van der Waals surface area contributed by atoms with E-state index in [1.54, 1.807) is 0 Å². The molecule has 1 amide bonds. The molecule has 1 aromatic carbocycles. The summed E-state index contributed by atoms with van der Waals surface area (Å²) in [5.41, 5.74) is 2.48. The van der Waals surface area contributed by atoms with E-state index in [2.05, 4.69) is 48.2 Å². The first kappa shape index (κ1) is 13.3. The molecule has 0 N–H and O–H groups in total. The van der Waals surface area contributed by atoms with Crippen LogP contribution in [0.4, 0.5) is 11.4 Å². The SMILES string of the molecule is CN(C)c1ccc(N2CCN(C(=O)C3CC3)CC2)cc1. The van der Waals surface area contributed by atoms with Crippen LogP contribution in [0.5, 0.6) is 0 Å². The molecule has 1 heterocycles. The van der Waals surface area contributed by atoms with Gasteiger partial charge in [-0.1, -0.05) is 0 Å². The Morgan fingerprint density at radius 3 is 2.15 bits per heavy atom. The van der Waals surface area contributed by atoms with Crippen molar-refractivity contribution in [3.63, 3.8) is 0 Å². The number of amides is 1. The molecular formula is C16H23N3O. The van der Waals surface area contributed by atoms with Gasteiger partial charge < -0.3 is 14.7 Å². The minimum Gasteiger partial charge on any atom is -0.378 e. The highest BCUT2D eigenvalue weighted by Gasteiger charge is 2.34. The summed E-state index contributed by atoms with van der Waals surface area (Å²) < 4.78 is 0. The van der Waals surface area contributed by atoms with Gasteiger partial charge in [0.05, 0.1) is 0 Å². The zero-order valence-corrected chi connectivity index (χ0v) is 12.4. The van der Waals surface area contributed by atoms with E-state index in [1.807, 2.05) is 4.90 Å². The van der Waals surface area contributed by atoms with E-state index in [4.69, 9.17) is 0 Å². The van der Waals surface area contributed by atoms with Crippen molar-refractivity contribution in [1.29, 1.82) is 0 Å². The van der Waals surface area contributed by atoms with Gasteiger partial charge in [-0.3, -0.25) is 4.79 Å². The molecule has 1 aliphatic carbocycles. The van der Waals surface area contributed by atoms with Crippen molar-refractivity contribution < 1.29 is 4.79 Å². The highest BCUT2D eigenvalue weighted by molar-refractivity contribution is 5.81. The normalized spacial score (nSPS) is 19.1. The van der Waals surface area contributed by atoms with Crippen LogP contribution < -0.4 is 9.80 Å². The van der Waals surface area contributed by atoms with Gasteiger partial charge in [0.2, 0.25) is 5.91 Å². The molecule has 1 aromatic rings. The third-order valence-corrected chi connectivity index (χ3v) is 4.25. The lowest BCUT2D eigenvalue weighted by atomic mass is 10.2. The molecule has 0 spiro atoms. The molecule has 1 saturated heterocycles. The first-order valence-electron chi connectivity index (χ1n) is 7.46. The Labute approximate surface area is 121 Å². The Morgan fingerprint density at radius 2 is 1.65 bits per heavy atom. The first-order valence-corrected chi connectivity index (χ1v) is 7.46. The zero-order chi connectivity index (χ0) is 14.1. The summed E-state index contributed by atoms with van der Waals surface area (Å²) in [6.45, 7) is 3.62. The van der Waals surface area contributed by atoms with Crippen LogP contribution in [0.2, 0.25) is 0 Å². The fourth-order valence-corrected chi connectivity index (χ4v) is 2.74. The monoisotopic (exact) mass is 273 g/mol. The van der Waals surface area contributed by atoms with Crippen molar-refractivity contribution in [1.82, 2.24) is 4.90 Å². The number of carbonyl (C=O) groups is 1. The Bertz CT molecular complexity index is 471. The van der Waals surface area contributed by atoms with Crippen LogP contribution in [-0.4, -0.2) is 51.1 Å². The molecule has 0 unspecified atom stereocenters. The minimum atomic E-state index is 0.348. The maximum absolute atomic E-state index is 12.0. The van der Waals surface area contributed by atoms with Crippen LogP contribution in [0.15, 0.2) is 24.3 Å². The molecule has 0 atom stereocenters. The third-order valence-electron chi connectivity index (χ3n) is 4.25. The summed E-state index contributed by atoms with van der Waals surface area (Å²) in [5, 5.41) is 0. The summed E-state index contributed by atoms with van der Waals surface area (Å²) >= 11 is 0. The predicted molar refractivity (Wildman–Crippen MR) is 82.3 cm³/mol. The van der Waals surface area contributed by atoms with E-state index in [0.717, 1.165) is 39.0 Å². The van der Waals surface area contributed by atoms with Crippen LogP contribution in [-0.2, 0) is 4.79 Å². The average molecular weight is 273 g/mol. The van der Waals surface area contributed by atoms with Crippen molar-refractivity contribution in [2.24, 2.45) is 5.92 Å². The van der Waals surface area contributed by atoms with Crippen LogP contribution in [0, 0.1) is 5.92 Å². The fourth-order valence-electron chi connectivity index (χ4n) is 2.74. The summed E-state index contributed by atoms with van der Waals surface area (Å²) in [7, 11) is 4.11. The van der Waals surface area contributed by atoms with Crippen molar-refractivity contribution in [3.05, 3.63) is 24.3 Å². The standard InChI is InChI=1S/C16H23N3O/c1-17(2)14-5-7-15(8-6-14)18-9-11-19(12-10-18)16(20)13-3-4-13/h5-8,13H,3-4,9-12H2,1-2H3. The van der Waals surface area contributed by atoms with Gasteiger partial charge >= 0.3 is 0 Å². The van der Waals surface area contributed by atoms with Gasteiger partial charge in [-0.05, 0) is 37.1 Å². The fraction of sp³-hybridized carbons (Fsp3) is 0.562. The number of piperazine rings is 1. The average Bonchev–Trinajstić information content (AvgIpc) is 3.31. The second kappa shape index (κ2) is 5.35. The van der Waals surface area contributed by atoms with Crippen molar-refractivity contribution >= 4 is 17.3 Å². The second-order valence-electron chi connectivity index (χ2n) is 6.00. The van der Waals surface area contributed by atoms with Gasteiger partial charge in [0, 0.05) is 57.6 Å². The quantitative estimate of drug-likeness (QED) is 0.840.